The van der Waals surface area contributed by atoms with E-state index in [0.717, 1.165) is 31.5 Å². The monoisotopic (exact) mass is 265 g/mol. The Labute approximate surface area is 114 Å². The van der Waals surface area contributed by atoms with Gasteiger partial charge in [0.2, 0.25) is 5.88 Å². The summed E-state index contributed by atoms with van der Waals surface area (Å²) in [6.45, 7) is 2.97. The van der Waals surface area contributed by atoms with Gasteiger partial charge in [0, 0.05) is 19.5 Å². The van der Waals surface area contributed by atoms with Crippen molar-refractivity contribution < 1.29 is 9.47 Å². The van der Waals surface area contributed by atoms with Gasteiger partial charge in [-0.1, -0.05) is 6.92 Å². The van der Waals surface area contributed by atoms with Gasteiger partial charge in [0.05, 0.1) is 18.8 Å². The molecule has 0 radical (unpaired) electrons. The molecule has 1 aliphatic carbocycles. The predicted molar refractivity (Wildman–Crippen MR) is 73.2 cm³/mol. The zero-order chi connectivity index (χ0) is 13.7. The third-order valence-corrected chi connectivity index (χ3v) is 3.94. The summed E-state index contributed by atoms with van der Waals surface area (Å²) < 4.78 is 11.0. The largest absolute Gasteiger partial charge is 0.480 e. The highest BCUT2D eigenvalue weighted by Crippen LogP contribution is 2.42. The van der Waals surface area contributed by atoms with Crippen molar-refractivity contribution in [2.75, 3.05) is 20.8 Å². The molecule has 1 aliphatic rings. The van der Waals surface area contributed by atoms with Gasteiger partial charge in [0.1, 0.15) is 5.69 Å². The van der Waals surface area contributed by atoms with Crippen LogP contribution in [0.5, 0.6) is 5.88 Å². The van der Waals surface area contributed by atoms with Crippen LogP contribution < -0.4 is 10.1 Å². The third kappa shape index (κ3) is 3.04. The van der Waals surface area contributed by atoms with Gasteiger partial charge >= 0.3 is 0 Å². The topological polar surface area (TPSA) is 56.3 Å². The lowest BCUT2D eigenvalue weighted by Crippen LogP contribution is -2.43. The van der Waals surface area contributed by atoms with Crippen LogP contribution in [0.2, 0.25) is 0 Å². The second kappa shape index (κ2) is 6.30. The smallest absolute Gasteiger partial charge is 0.236 e. The van der Waals surface area contributed by atoms with Gasteiger partial charge in [-0.25, -0.2) is 4.98 Å². The SMILES string of the molecule is CCNC(CC1(OC)CCC1)c1nccnc1OC. The summed E-state index contributed by atoms with van der Waals surface area (Å²) in [5.41, 5.74) is 0.866. The second-order valence-corrected chi connectivity index (χ2v) is 5.01. The van der Waals surface area contributed by atoms with Crippen molar-refractivity contribution in [3.8, 4) is 5.88 Å². The van der Waals surface area contributed by atoms with Crippen molar-refractivity contribution in [3.63, 3.8) is 0 Å². The Balaban J connectivity index is 2.19. The van der Waals surface area contributed by atoms with E-state index in [2.05, 4.69) is 22.2 Å². The van der Waals surface area contributed by atoms with Gasteiger partial charge in [0.15, 0.2) is 0 Å². The second-order valence-electron chi connectivity index (χ2n) is 5.01. The van der Waals surface area contributed by atoms with Gasteiger partial charge < -0.3 is 14.8 Å². The number of nitrogens with one attached hydrogen (secondary N) is 1. The molecule has 19 heavy (non-hydrogen) atoms. The zero-order valence-corrected chi connectivity index (χ0v) is 12.0. The minimum absolute atomic E-state index is 0.00459. The van der Waals surface area contributed by atoms with Crippen molar-refractivity contribution in [1.29, 1.82) is 0 Å². The molecule has 0 aromatic carbocycles. The van der Waals surface area contributed by atoms with Gasteiger partial charge in [-0.3, -0.25) is 4.98 Å². The third-order valence-electron chi connectivity index (χ3n) is 3.94. The van der Waals surface area contributed by atoms with E-state index >= 15 is 0 Å². The summed E-state index contributed by atoms with van der Waals surface area (Å²) in [7, 11) is 3.43. The van der Waals surface area contributed by atoms with Crippen LogP contribution in [0.4, 0.5) is 0 Å². The highest BCUT2D eigenvalue weighted by molar-refractivity contribution is 5.22. The zero-order valence-electron chi connectivity index (χ0n) is 12.0. The molecule has 106 valence electrons. The molecule has 2 rings (SSSR count). The van der Waals surface area contributed by atoms with E-state index in [1.807, 2.05) is 0 Å². The molecule has 1 aromatic rings. The maximum absolute atomic E-state index is 5.72. The van der Waals surface area contributed by atoms with Crippen LogP contribution >= 0.6 is 0 Å². The van der Waals surface area contributed by atoms with E-state index in [4.69, 9.17) is 9.47 Å². The molecule has 0 bridgehead atoms. The van der Waals surface area contributed by atoms with Crippen molar-refractivity contribution >= 4 is 0 Å². The first kappa shape index (κ1) is 14.2. The van der Waals surface area contributed by atoms with Crippen molar-refractivity contribution in [1.82, 2.24) is 15.3 Å². The van der Waals surface area contributed by atoms with E-state index in [9.17, 15) is 0 Å². The van der Waals surface area contributed by atoms with E-state index in [0.29, 0.717) is 5.88 Å². The maximum atomic E-state index is 5.72. The molecule has 5 heteroatoms. The fourth-order valence-corrected chi connectivity index (χ4v) is 2.68. The number of methoxy groups -OCH3 is 2. The van der Waals surface area contributed by atoms with Crippen LogP contribution in [-0.4, -0.2) is 36.3 Å². The van der Waals surface area contributed by atoms with Crippen molar-refractivity contribution in [2.24, 2.45) is 0 Å². The van der Waals surface area contributed by atoms with Crippen LogP contribution in [0.1, 0.15) is 44.3 Å². The quantitative estimate of drug-likeness (QED) is 0.818. The Morgan fingerprint density at radius 3 is 2.58 bits per heavy atom. The van der Waals surface area contributed by atoms with Crippen LogP contribution in [0.3, 0.4) is 0 Å². The van der Waals surface area contributed by atoms with Crippen LogP contribution in [0.25, 0.3) is 0 Å². The Kier molecular flexibility index (Phi) is 4.71. The highest BCUT2D eigenvalue weighted by atomic mass is 16.5. The van der Waals surface area contributed by atoms with E-state index in [1.165, 1.54) is 6.42 Å². The number of aromatic nitrogens is 2. The summed E-state index contributed by atoms with van der Waals surface area (Å²) in [6, 6.07) is 0.119. The molecule has 1 atom stereocenters. The number of hydrogen-bond acceptors (Lipinski definition) is 5. The molecular formula is C14H23N3O2. The van der Waals surface area contributed by atoms with Gasteiger partial charge in [0.25, 0.3) is 0 Å². The molecule has 1 saturated carbocycles. The van der Waals surface area contributed by atoms with E-state index < -0.39 is 0 Å². The molecule has 0 spiro atoms. The van der Waals surface area contributed by atoms with Gasteiger partial charge in [-0.2, -0.15) is 0 Å². The first-order valence-electron chi connectivity index (χ1n) is 6.88. The minimum Gasteiger partial charge on any atom is -0.480 e. The molecule has 0 amide bonds. The molecular weight excluding hydrogens is 242 g/mol. The fourth-order valence-electron chi connectivity index (χ4n) is 2.68. The predicted octanol–water partition coefficient (Wildman–Crippen LogP) is 2.09. The number of rotatable bonds is 7. The summed E-state index contributed by atoms with van der Waals surface area (Å²) in [5, 5.41) is 3.47. The molecule has 1 aromatic heterocycles. The van der Waals surface area contributed by atoms with Gasteiger partial charge in [-0.15, -0.1) is 0 Å². The summed E-state index contributed by atoms with van der Waals surface area (Å²) in [4.78, 5) is 8.67. The molecule has 0 saturated heterocycles. The first-order chi connectivity index (χ1) is 9.24. The molecule has 5 nitrogen and oxygen atoms in total. The molecule has 1 fully saturated rings. The van der Waals surface area contributed by atoms with E-state index in [1.54, 1.807) is 26.6 Å². The maximum Gasteiger partial charge on any atom is 0.236 e. The summed E-state index contributed by atoms with van der Waals surface area (Å²) >= 11 is 0. The molecule has 1 heterocycles. The number of hydrogen-bond donors (Lipinski definition) is 1. The summed E-state index contributed by atoms with van der Waals surface area (Å²) in [5.74, 6) is 0.596. The molecule has 0 aliphatic heterocycles. The Hall–Kier alpha value is -1.20. The average Bonchev–Trinajstić information content (AvgIpc) is 2.41. The average molecular weight is 265 g/mol. The normalized spacial score (nSPS) is 18.7. The molecule has 1 unspecified atom stereocenters. The lowest BCUT2D eigenvalue weighted by molar-refractivity contribution is -0.0840. The lowest BCUT2D eigenvalue weighted by atomic mass is 9.75. The Morgan fingerprint density at radius 2 is 2.05 bits per heavy atom. The van der Waals surface area contributed by atoms with E-state index in [-0.39, 0.29) is 11.6 Å². The first-order valence-corrected chi connectivity index (χ1v) is 6.88. The minimum atomic E-state index is -0.00459. The molecule has 1 N–H and O–H groups in total. The number of nitrogens with zero attached hydrogens (tertiary/aromatic N) is 2. The highest BCUT2D eigenvalue weighted by Gasteiger charge is 2.40. The lowest BCUT2D eigenvalue weighted by Gasteiger charge is -2.42. The Bertz CT molecular complexity index is 402. The van der Waals surface area contributed by atoms with Crippen LogP contribution in [-0.2, 0) is 4.74 Å². The summed E-state index contributed by atoms with van der Waals surface area (Å²) in [6.07, 6.45) is 7.75. The Morgan fingerprint density at radius 1 is 1.32 bits per heavy atom. The van der Waals surface area contributed by atoms with Crippen molar-refractivity contribution in [2.45, 2.75) is 44.2 Å². The fraction of sp³-hybridized carbons (Fsp3) is 0.714. The van der Waals surface area contributed by atoms with Crippen LogP contribution in [0.15, 0.2) is 12.4 Å². The number of ether oxygens (including phenoxy) is 2. The standard InChI is InChI=1S/C14H23N3O2/c1-4-15-11(10-14(19-3)6-5-7-14)12-13(18-2)17-9-8-16-12/h8-9,11,15H,4-7,10H2,1-3H3. The van der Waals surface area contributed by atoms with Crippen molar-refractivity contribution in [3.05, 3.63) is 18.1 Å². The van der Waals surface area contributed by atoms with Crippen LogP contribution in [0, 0.1) is 0 Å². The van der Waals surface area contributed by atoms with Gasteiger partial charge in [-0.05, 0) is 32.2 Å².